The lowest BCUT2D eigenvalue weighted by Crippen LogP contribution is -2.29. The summed E-state index contributed by atoms with van der Waals surface area (Å²) >= 11 is 0. The van der Waals surface area contributed by atoms with Crippen molar-refractivity contribution in [1.29, 1.82) is 0 Å². The quantitative estimate of drug-likeness (QED) is 0.712. The molecule has 1 saturated carbocycles. The van der Waals surface area contributed by atoms with Gasteiger partial charge in [-0.2, -0.15) is 0 Å². The van der Waals surface area contributed by atoms with E-state index in [1.807, 2.05) is 30.1 Å². The number of benzene rings is 1. The van der Waals surface area contributed by atoms with Crippen LogP contribution >= 0.6 is 0 Å². The molecular formula is C21H24N4O. The summed E-state index contributed by atoms with van der Waals surface area (Å²) in [4.78, 5) is 19.7. The fraction of sp³-hybridized carbons (Fsp3) is 0.429. The average molecular weight is 348 g/mol. The molecule has 1 fully saturated rings. The van der Waals surface area contributed by atoms with Crippen LogP contribution in [0.25, 0.3) is 10.9 Å². The first-order valence-electron chi connectivity index (χ1n) is 9.55. The molecule has 0 atom stereocenters. The van der Waals surface area contributed by atoms with E-state index >= 15 is 0 Å². The minimum absolute atomic E-state index is 0.146. The minimum Gasteiger partial charge on any atom is -0.337 e. The Morgan fingerprint density at radius 2 is 2.15 bits per heavy atom. The van der Waals surface area contributed by atoms with Crippen LogP contribution in [0.1, 0.15) is 36.2 Å². The van der Waals surface area contributed by atoms with E-state index in [4.69, 9.17) is 0 Å². The summed E-state index contributed by atoms with van der Waals surface area (Å²) in [5, 5.41) is 1.24. The van der Waals surface area contributed by atoms with Crippen molar-refractivity contribution in [3.8, 4) is 0 Å². The summed E-state index contributed by atoms with van der Waals surface area (Å²) in [6, 6.07) is 8.97. The minimum atomic E-state index is 0.146. The van der Waals surface area contributed by atoms with Crippen LogP contribution in [0.5, 0.6) is 0 Å². The van der Waals surface area contributed by atoms with Gasteiger partial charge in [-0.3, -0.25) is 9.69 Å². The van der Waals surface area contributed by atoms with Crippen molar-refractivity contribution in [2.24, 2.45) is 7.05 Å². The van der Waals surface area contributed by atoms with Gasteiger partial charge in [0.15, 0.2) is 0 Å². The van der Waals surface area contributed by atoms with E-state index < -0.39 is 0 Å². The second-order valence-corrected chi connectivity index (χ2v) is 7.67. The summed E-state index contributed by atoms with van der Waals surface area (Å²) in [6.45, 7) is 2.48. The fourth-order valence-electron chi connectivity index (χ4n) is 4.27. The zero-order valence-corrected chi connectivity index (χ0v) is 15.2. The normalized spacial score (nSPS) is 16.5. The van der Waals surface area contributed by atoms with E-state index in [1.54, 1.807) is 0 Å². The molecule has 1 aliphatic carbocycles. The molecule has 1 aromatic carbocycles. The predicted molar refractivity (Wildman–Crippen MR) is 102 cm³/mol. The highest BCUT2D eigenvalue weighted by Crippen LogP contribution is 2.32. The lowest BCUT2D eigenvalue weighted by molar-refractivity contribution is 0.238. The van der Waals surface area contributed by atoms with Gasteiger partial charge in [-0.25, -0.2) is 4.98 Å². The summed E-state index contributed by atoms with van der Waals surface area (Å²) < 4.78 is 4.06. The van der Waals surface area contributed by atoms with Crippen LogP contribution in [0.15, 0.2) is 41.5 Å². The molecule has 0 unspecified atom stereocenters. The topological polar surface area (TPSA) is 43.1 Å². The van der Waals surface area contributed by atoms with E-state index in [1.165, 1.54) is 23.8 Å². The molecule has 1 aliphatic heterocycles. The Kier molecular flexibility index (Phi) is 3.71. The average Bonchev–Trinajstić information content (AvgIpc) is 3.42. The Morgan fingerprint density at radius 1 is 1.27 bits per heavy atom. The van der Waals surface area contributed by atoms with E-state index in [9.17, 15) is 4.79 Å². The lowest BCUT2D eigenvalue weighted by atomic mass is 9.98. The zero-order valence-electron chi connectivity index (χ0n) is 15.2. The molecule has 0 spiro atoms. The van der Waals surface area contributed by atoms with Gasteiger partial charge in [0.05, 0.1) is 12.1 Å². The number of hydrogen-bond donors (Lipinski definition) is 0. The standard InChI is InChI=1S/C21H24N4O/c1-23-11-9-22-19(23)14-24(17-7-8-17)13-16-12-20(26)25-10-3-5-15-4-2-6-18(16)21(15)25/h2,4,6,9,11-12,17H,3,5,7-8,10,13-14H2,1H3. The van der Waals surface area contributed by atoms with Crippen molar-refractivity contribution in [1.82, 2.24) is 19.0 Å². The highest BCUT2D eigenvalue weighted by Gasteiger charge is 2.30. The van der Waals surface area contributed by atoms with Crippen molar-refractivity contribution >= 4 is 10.9 Å². The molecule has 5 rings (SSSR count). The number of aryl methyl sites for hydroxylation is 3. The Labute approximate surface area is 152 Å². The van der Waals surface area contributed by atoms with Crippen LogP contribution < -0.4 is 5.56 Å². The second-order valence-electron chi connectivity index (χ2n) is 7.67. The van der Waals surface area contributed by atoms with Gasteiger partial charge in [0.2, 0.25) is 0 Å². The molecule has 0 radical (unpaired) electrons. The summed E-state index contributed by atoms with van der Waals surface area (Å²) in [7, 11) is 2.04. The number of aromatic nitrogens is 3. The monoisotopic (exact) mass is 348 g/mol. The highest BCUT2D eigenvalue weighted by molar-refractivity contribution is 5.86. The van der Waals surface area contributed by atoms with E-state index in [0.717, 1.165) is 49.4 Å². The van der Waals surface area contributed by atoms with Crippen LogP contribution in [0.3, 0.4) is 0 Å². The van der Waals surface area contributed by atoms with E-state index in [-0.39, 0.29) is 5.56 Å². The Hall–Kier alpha value is -2.40. The molecule has 3 aromatic rings. The molecular weight excluding hydrogens is 324 g/mol. The first kappa shape index (κ1) is 15.8. The number of hydrogen-bond acceptors (Lipinski definition) is 3. The smallest absolute Gasteiger partial charge is 0.251 e. The molecule has 26 heavy (non-hydrogen) atoms. The largest absolute Gasteiger partial charge is 0.337 e. The third-order valence-electron chi connectivity index (χ3n) is 5.83. The molecule has 0 N–H and O–H groups in total. The van der Waals surface area contributed by atoms with Crippen LogP contribution in [0.4, 0.5) is 0 Å². The van der Waals surface area contributed by atoms with Crippen molar-refractivity contribution in [2.45, 2.75) is 51.4 Å². The van der Waals surface area contributed by atoms with Crippen LogP contribution in [-0.4, -0.2) is 25.1 Å². The van der Waals surface area contributed by atoms with Crippen LogP contribution in [0, 0.1) is 0 Å². The third-order valence-corrected chi connectivity index (χ3v) is 5.83. The van der Waals surface area contributed by atoms with Gasteiger partial charge < -0.3 is 9.13 Å². The molecule has 134 valence electrons. The molecule has 2 aliphatic rings. The summed E-state index contributed by atoms with van der Waals surface area (Å²) in [5.41, 5.74) is 3.78. The van der Waals surface area contributed by atoms with Gasteiger partial charge in [-0.15, -0.1) is 0 Å². The van der Waals surface area contributed by atoms with Gasteiger partial charge in [-0.1, -0.05) is 18.2 Å². The molecule has 2 aromatic heterocycles. The fourth-order valence-corrected chi connectivity index (χ4v) is 4.27. The Bertz CT molecular complexity index is 1030. The predicted octanol–water partition coefficient (Wildman–Crippen LogP) is 2.85. The SMILES string of the molecule is Cn1ccnc1CN(Cc1cc(=O)n2c3c(cccc13)CCC2)C1CC1. The van der Waals surface area contributed by atoms with Gasteiger partial charge >= 0.3 is 0 Å². The second kappa shape index (κ2) is 6.09. The first-order chi connectivity index (χ1) is 12.7. The Balaban J connectivity index is 1.55. The zero-order chi connectivity index (χ0) is 17.7. The Morgan fingerprint density at radius 3 is 2.92 bits per heavy atom. The van der Waals surface area contributed by atoms with Crippen molar-refractivity contribution < 1.29 is 0 Å². The summed E-state index contributed by atoms with van der Waals surface area (Å²) in [5.74, 6) is 1.08. The van der Waals surface area contributed by atoms with Gasteiger partial charge in [-0.05, 0) is 36.8 Å². The molecule has 3 heterocycles. The maximum Gasteiger partial charge on any atom is 0.251 e. The highest BCUT2D eigenvalue weighted by atomic mass is 16.1. The third kappa shape index (κ3) is 2.67. The maximum atomic E-state index is 12.7. The van der Waals surface area contributed by atoms with Crippen LogP contribution in [-0.2, 0) is 33.1 Å². The van der Waals surface area contributed by atoms with Crippen molar-refractivity contribution in [3.05, 3.63) is 64.0 Å². The van der Waals surface area contributed by atoms with Crippen molar-refractivity contribution in [2.75, 3.05) is 0 Å². The maximum absolute atomic E-state index is 12.7. The van der Waals surface area contributed by atoms with E-state index in [0.29, 0.717) is 6.04 Å². The number of pyridine rings is 1. The lowest BCUT2D eigenvalue weighted by Gasteiger charge is -2.25. The number of nitrogens with zero attached hydrogens (tertiary/aromatic N) is 4. The molecule has 0 saturated heterocycles. The number of imidazole rings is 1. The van der Waals surface area contributed by atoms with Gasteiger partial charge in [0, 0.05) is 50.0 Å². The summed E-state index contributed by atoms with van der Waals surface area (Å²) in [6.07, 6.45) is 8.46. The van der Waals surface area contributed by atoms with Crippen molar-refractivity contribution in [3.63, 3.8) is 0 Å². The number of para-hydroxylation sites is 1. The van der Waals surface area contributed by atoms with E-state index in [2.05, 4.69) is 32.7 Å². The molecule has 0 amide bonds. The van der Waals surface area contributed by atoms with Gasteiger partial charge in [0.1, 0.15) is 5.82 Å². The molecule has 5 nitrogen and oxygen atoms in total. The molecule has 0 bridgehead atoms. The number of rotatable bonds is 5. The van der Waals surface area contributed by atoms with Gasteiger partial charge in [0.25, 0.3) is 5.56 Å². The van der Waals surface area contributed by atoms with Crippen LogP contribution in [0.2, 0.25) is 0 Å². The molecule has 5 heteroatoms. The first-order valence-corrected chi connectivity index (χ1v) is 9.55.